The SMILES string of the molecule is CC(=O)NCCCNCc1ccc(OCCCCCc2ccccc2)cc1. The Labute approximate surface area is 163 Å². The van der Waals surface area contributed by atoms with Crippen LogP contribution in [0.4, 0.5) is 0 Å². The van der Waals surface area contributed by atoms with Gasteiger partial charge in [0.25, 0.3) is 0 Å². The van der Waals surface area contributed by atoms with Gasteiger partial charge in [-0.25, -0.2) is 0 Å². The Morgan fingerprint density at radius 2 is 1.63 bits per heavy atom. The molecule has 0 saturated heterocycles. The molecule has 0 saturated carbocycles. The Morgan fingerprint density at radius 3 is 2.37 bits per heavy atom. The fourth-order valence-corrected chi connectivity index (χ4v) is 2.86. The summed E-state index contributed by atoms with van der Waals surface area (Å²) < 4.78 is 5.83. The van der Waals surface area contributed by atoms with Crippen molar-refractivity contribution in [2.24, 2.45) is 0 Å². The number of carbonyl (C=O) groups is 1. The molecular formula is C23H32N2O2. The smallest absolute Gasteiger partial charge is 0.216 e. The van der Waals surface area contributed by atoms with Crippen LogP contribution in [0.5, 0.6) is 5.75 Å². The Balaban J connectivity index is 1.50. The first kappa shape index (κ1) is 21.0. The summed E-state index contributed by atoms with van der Waals surface area (Å²) >= 11 is 0. The van der Waals surface area contributed by atoms with E-state index in [1.54, 1.807) is 6.92 Å². The number of rotatable bonds is 13. The summed E-state index contributed by atoms with van der Waals surface area (Å²) in [5, 5.41) is 6.18. The fraction of sp³-hybridized carbons (Fsp3) is 0.435. The molecule has 0 unspecified atom stereocenters. The van der Waals surface area contributed by atoms with Crippen molar-refractivity contribution < 1.29 is 9.53 Å². The van der Waals surface area contributed by atoms with Crippen LogP contribution in [0, 0.1) is 0 Å². The van der Waals surface area contributed by atoms with Gasteiger partial charge in [0.1, 0.15) is 5.75 Å². The first-order valence-corrected chi connectivity index (χ1v) is 9.95. The third-order valence-corrected chi connectivity index (χ3v) is 4.38. The van der Waals surface area contributed by atoms with Crippen LogP contribution in [0.3, 0.4) is 0 Å². The van der Waals surface area contributed by atoms with E-state index in [1.807, 2.05) is 12.1 Å². The minimum atomic E-state index is 0.0294. The van der Waals surface area contributed by atoms with Gasteiger partial charge in [0.2, 0.25) is 5.91 Å². The second kappa shape index (κ2) is 12.9. The lowest BCUT2D eigenvalue weighted by Crippen LogP contribution is -2.24. The summed E-state index contributed by atoms with van der Waals surface area (Å²) in [5.74, 6) is 0.967. The van der Waals surface area contributed by atoms with Crippen LogP contribution in [0.2, 0.25) is 0 Å². The molecule has 27 heavy (non-hydrogen) atoms. The highest BCUT2D eigenvalue weighted by Crippen LogP contribution is 2.13. The van der Waals surface area contributed by atoms with Gasteiger partial charge in [-0.2, -0.15) is 0 Å². The molecule has 0 aliphatic rings. The molecule has 146 valence electrons. The molecule has 0 heterocycles. The molecule has 2 aromatic carbocycles. The molecule has 0 aromatic heterocycles. The Morgan fingerprint density at radius 1 is 0.852 bits per heavy atom. The molecule has 0 fully saturated rings. The molecule has 2 rings (SSSR count). The summed E-state index contributed by atoms with van der Waals surface area (Å²) in [6.07, 6.45) is 5.57. The zero-order chi connectivity index (χ0) is 19.2. The molecule has 2 N–H and O–H groups in total. The summed E-state index contributed by atoms with van der Waals surface area (Å²) in [4.78, 5) is 10.8. The van der Waals surface area contributed by atoms with Crippen molar-refractivity contribution in [1.29, 1.82) is 0 Å². The number of hydrogen-bond acceptors (Lipinski definition) is 3. The van der Waals surface area contributed by atoms with Crippen LogP contribution < -0.4 is 15.4 Å². The van der Waals surface area contributed by atoms with E-state index < -0.39 is 0 Å². The molecular weight excluding hydrogens is 336 g/mol. The molecule has 1 amide bonds. The van der Waals surface area contributed by atoms with Crippen LogP contribution in [-0.2, 0) is 17.8 Å². The maximum Gasteiger partial charge on any atom is 0.216 e. The molecule has 0 aliphatic carbocycles. The highest BCUT2D eigenvalue weighted by atomic mass is 16.5. The molecule has 4 heteroatoms. The molecule has 0 atom stereocenters. The van der Waals surface area contributed by atoms with Gasteiger partial charge in [0, 0.05) is 20.0 Å². The normalized spacial score (nSPS) is 10.6. The van der Waals surface area contributed by atoms with Crippen LogP contribution >= 0.6 is 0 Å². The number of nitrogens with one attached hydrogen (secondary N) is 2. The largest absolute Gasteiger partial charge is 0.494 e. The van der Waals surface area contributed by atoms with Crippen molar-refractivity contribution in [3.63, 3.8) is 0 Å². The van der Waals surface area contributed by atoms with Crippen molar-refractivity contribution in [3.05, 3.63) is 65.7 Å². The van der Waals surface area contributed by atoms with Gasteiger partial charge in [-0.3, -0.25) is 4.79 Å². The number of hydrogen-bond donors (Lipinski definition) is 2. The Bertz CT molecular complexity index is 641. The second-order valence-corrected chi connectivity index (χ2v) is 6.80. The summed E-state index contributed by atoms with van der Waals surface area (Å²) in [5.41, 5.74) is 2.66. The van der Waals surface area contributed by atoms with E-state index in [0.717, 1.165) is 51.3 Å². The van der Waals surface area contributed by atoms with Crippen LogP contribution in [-0.4, -0.2) is 25.6 Å². The minimum Gasteiger partial charge on any atom is -0.494 e. The standard InChI is InChI=1S/C23H32N2O2/c1-20(26)25-17-8-16-24-19-22-12-14-23(15-13-22)27-18-7-3-6-11-21-9-4-2-5-10-21/h2,4-5,9-10,12-15,24H,3,6-8,11,16-19H2,1H3,(H,25,26). The third-order valence-electron chi connectivity index (χ3n) is 4.38. The van der Waals surface area contributed by atoms with Crippen LogP contribution in [0.25, 0.3) is 0 Å². The van der Waals surface area contributed by atoms with Gasteiger partial charge < -0.3 is 15.4 Å². The van der Waals surface area contributed by atoms with Crippen LogP contribution in [0.1, 0.15) is 43.7 Å². The number of unbranched alkanes of at least 4 members (excludes halogenated alkanes) is 2. The van der Waals surface area contributed by atoms with E-state index in [9.17, 15) is 4.79 Å². The monoisotopic (exact) mass is 368 g/mol. The maximum absolute atomic E-state index is 10.8. The van der Waals surface area contributed by atoms with Crippen molar-refractivity contribution in [3.8, 4) is 5.75 Å². The summed E-state index contributed by atoms with van der Waals surface area (Å²) in [6, 6.07) is 18.9. The average Bonchev–Trinajstić information content (AvgIpc) is 2.69. The first-order chi connectivity index (χ1) is 13.2. The zero-order valence-corrected chi connectivity index (χ0v) is 16.4. The van der Waals surface area contributed by atoms with Crippen molar-refractivity contribution in [2.45, 2.75) is 45.6 Å². The van der Waals surface area contributed by atoms with E-state index >= 15 is 0 Å². The fourth-order valence-electron chi connectivity index (χ4n) is 2.86. The quantitative estimate of drug-likeness (QED) is 0.524. The third kappa shape index (κ3) is 9.80. The molecule has 4 nitrogen and oxygen atoms in total. The van der Waals surface area contributed by atoms with E-state index in [2.05, 4.69) is 53.1 Å². The molecule has 0 bridgehead atoms. The highest BCUT2D eigenvalue weighted by Gasteiger charge is 1.98. The molecule has 2 aromatic rings. The van der Waals surface area contributed by atoms with Gasteiger partial charge >= 0.3 is 0 Å². The van der Waals surface area contributed by atoms with E-state index in [4.69, 9.17) is 4.74 Å². The van der Waals surface area contributed by atoms with Crippen molar-refractivity contribution in [1.82, 2.24) is 10.6 Å². The van der Waals surface area contributed by atoms with Gasteiger partial charge in [-0.05, 0) is 61.9 Å². The highest BCUT2D eigenvalue weighted by molar-refractivity contribution is 5.72. The van der Waals surface area contributed by atoms with E-state index in [1.165, 1.54) is 24.0 Å². The van der Waals surface area contributed by atoms with Gasteiger partial charge in [-0.15, -0.1) is 0 Å². The van der Waals surface area contributed by atoms with Crippen molar-refractivity contribution >= 4 is 5.91 Å². The lowest BCUT2D eigenvalue weighted by Gasteiger charge is -2.08. The number of ether oxygens (including phenoxy) is 1. The van der Waals surface area contributed by atoms with Gasteiger partial charge in [0.15, 0.2) is 0 Å². The minimum absolute atomic E-state index is 0.0294. The lowest BCUT2D eigenvalue weighted by atomic mass is 10.1. The molecule has 0 spiro atoms. The van der Waals surface area contributed by atoms with Gasteiger partial charge in [0.05, 0.1) is 6.61 Å². The first-order valence-electron chi connectivity index (χ1n) is 9.95. The van der Waals surface area contributed by atoms with E-state index in [-0.39, 0.29) is 5.91 Å². The summed E-state index contributed by atoms with van der Waals surface area (Å²) in [6.45, 7) is 4.76. The topological polar surface area (TPSA) is 50.4 Å². The number of amides is 1. The number of aryl methyl sites for hydroxylation is 1. The number of benzene rings is 2. The molecule has 0 aliphatic heterocycles. The lowest BCUT2D eigenvalue weighted by molar-refractivity contribution is -0.118. The Kier molecular flexibility index (Phi) is 10.0. The maximum atomic E-state index is 10.8. The van der Waals surface area contributed by atoms with Crippen LogP contribution in [0.15, 0.2) is 54.6 Å². The second-order valence-electron chi connectivity index (χ2n) is 6.80. The number of carbonyl (C=O) groups excluding carboxylic acids is 1. The average molecular weight is 369 g/mol. The van der Waals surface area contributed by atoms with Crippen molar-refractivity contribution in [2.75, 3.05) is 19.7 Å². The van der Waals surface area contributed by atoms with Gasteiger partial charge in [-0.1, -0.05) is 42.5 Å². The Hall–Kier alpha value is -2.33. The zero-order valence-electron chi connectivity index (χ0n) is 16.4. The predicted octanol–water partition coefficient (Wildman–Crippen LogP) is 4.09. The predicted molar refractivity (Wildman–Crippen MR) is 111 cm³/mol. The van der Waals surface area contributed by atoms with E-state index in [0.29, 0.717) is 0 Å². The molecule has 0 radical (unpaired) electrons. The summed E-state index contributed by atoms with van der Waals surface area (Å²) in [7, 11) is 0.